The standard InChI is InChI=1S/C16H29N/c1-11(2)9-12(3)17-14-10-13-7-8-16(14,6)15(13,4)5/h11-13H,7-10H2,1-6H3. The van der Waals surface area contributed by atoms with E-state index in [2.05, 4.69) is 41.5 Å². The van der Waals surface area contributed by atoms with Crippen LogP contribution in [0.4, 0.5) is 0 Å². The molecule has 3 unspecified atom stereocenters. The number of hydrogen-bond donors (Lipinski definition) is 0. The van der Waals surface area contributed by atoms with Gasteiger partial charge in [-0.2, -0.15) is 0 Å². The van der Waals surface area contributed by atoms with E-state index >= 15 is 0 Å². The van der Waals surface area contributed by atoms with Crippen molar-refractivity contribution in [3.8, 4) is 0 Å². The van der Waals surface area contributed by atoms with Crippen LogP contribution in [0, 0.1) is 22.7 Å². The molecule has 0 spiro atoms. The lowest BCUT2D eigenvalue weighted by molar-refractivity contribution is 0.193. The molecule has 2 saturated carbocycles. The SMILES string of the molecule is CC(C)CC(C)N=C1CC2CCC1(C)C2(C)C. The first-order chi connectivity index (χ1) is 7.77. The first-order valence-corrected chi connectivity index (χ1v) is 7.34. The molecule has 2 aliphatic carbocycles. The summed E-state index contributed by atoms with van der Waals surface area (Å²) >= 11 is 0. The number of nitrogens with zero attached hydrogens (tertiary/aromatic N) is 1. The van der Waals surface area contributed by atoms with E-state index in [1.165, 1.54) is 31.4 Å². The van der Waals surface area contributed by atoms with E-state index in [1.54, 1.807) is 0 Å². The maximum Gasteiger partial charge on any atom is 0.0473 e. The second kappa shape index (κ2) is 4.10. The molecule has 0 saturated heterocycles. The lowest BCUT2D eigenvalue weighted by atomic mass is 9.70. The van der Waals surface area contributed by atoms with Crippen molar-refractivity contribution in [3.05, 3.63) is 0 Å². The number of fused-ring (bicyclic) bond motifs is 2. The van der Waals surface area contributed by atoms with Crippen molar-refractivity contribution in [2.75, 3.05) is 0 Å². The molecule has 1 heteroatoms. The van der Waals surface area contributed by atoms with Gasteiger partial charge in [0, 0.05) is 17.2 Å². The molecule has 0 aromatic carbocycles. The normalized spacial score (nSPS) is 39.2. The first kappa shape index (κ1) is 13.1. The fourth-order valence-electron chi connectivity index (χ4n) is 4.12. The predicted molar refractivity (Wildman–Crippen MR) is 75.6 cm³/mol. The summed E-state index contributed by atoms with van der Waals surface area (Å²) in [6, 6.07) is 0.511. The van der Waals surface area contributed by atoms with Gasteiger partial charge < -0.3 is 0 Å². The van der Waals surface area contributed by atoms with Crippen molar-refractivity contribution in [2.45, 2.75) is 73.3 Å². The Balaban J connectivity index is 2.17. The molecule has 0 N–H and O–H groups in total. The van der Waals surface area contributed by atoms with Crippen LogP contribution < -0.4 is 0 Å². The second-order valence-corrected chi connectivity index (χ2v) is 7.55. The molecule has 0 aliphatic heterocycles. The van der Waals surface area contributed by atoms with Gasteiger partial charge in [0.1, 0.15) is 0 Å². The van der Waals surface area contributed by atoms with Crippen LogP contribution in [0.5, 0.6) is 0 Å². The van der Waals surface area contributed by atoms with Crippen LogP contribution in [0.25, 0.3) is 0 Å². The zero-order valence-electron chi connectivity index (χ0n) is 12.5. The molecule has 1 nitrogen and oxygen atoms in total. The highest BCUT2D eigenvalue weighted by molar-refractivity contribution is 5.94. The lowest BCUT2D eigenvalue weighted by Crippen LogP contribution is -2.33. The van der Waals surface area contributed by atoms with E-state index in [4.69, 9.17) is 4.99 Å². The molecule has 3 atom stereocenters. The summed E-state index contributed by atoms with van der Waals surface area (Å²) in [5, 5.41) is 0. The van der Waals surface area contributed by atoms with E-state index in [1.807, 2.05) is 0 Å². The minimum atomic E-state index is 0.392. The minimum Gasteiger partial charge on any atom is -0.290 e. The van der Waals surface area contributed by atoms with Crippen LogP contribution in [-0.2, 0) is 0 Å². The smallest absolute Gasteiger partial charge is 0.0473 e. The van der Waals surface area contributed by atoms with Crippen molar-refractivity contribution >= 4 is 5.71 Å². The van der Waals surface area contributed by atoms with Gasteiger partial charge in [0.2, 0.25) is 0 Å². The van der Waals surface area contributed by atoms with Gasteiger partial charge in [0.25, 0.3) is 0 Å². The predicted octanol–water partition coefficient (Wildman–Crippen LogP) is 4.71. The zero-order chi connectivity index (χ0) is 12.8. The molecule has 0 aromatic rings. The van der Waals surface area contributed by atoms with Gasteiger partial charge in [-0.25, -0.2) is 0 Å². The Morgan fingerprint density at radius 2 is 1.88 bits per heavy atom. The summed E-state index contributed by atoms with van der Waals surface area (Å²) in [6.45, 7) is 14.3. The zero-order valence-corrected chi connectivity index (χ0v) is 12.5. The molecular formula is C16H29N. The topological polar surface area (TPSA) is 12.4 Å². The number of rotatable bonds is 3. The van der Waals surface area contributed by atoms with Gasteiger partial charge in [-0.05, 0) is 49.9 Å². The molecule has 2 bridgehead atoms. The van der Waals surface area contributed by atoms with E-state index < -0.39 is 0 Å². The molecule has 0 heterocycles. The Bertz CT molecular complexity index is 326. The highest BCUT2D eigenvalue weighted by Crippen LogP contribution is 2.64. The highest BCUT2D eigenvalue weighted by atomic mass is 14.8. The van der Waals surface area contributed by atoms with Crippen LogP contribution in [0.3, 0.4) is 0 Å². The van der Waals surface area contributed by atoms with E-state index in [0.717, 1.165) is 11.8 Å². The molecular weight excluding hydrogens is 206 g/mol. The van der Waals surface area contributed by atoms with Gasteiger partial charge in [-0.1, -0.05) is 34.6 Å². The quantitative estimate of drug-likeness (QED) is 0.672. The summed E-state index contributed by atoms with van der Waals surface area (Å²) in [4.78, 5) is 5.08. The third-order valence-corrected chi connectivity index (χ3v) is 5.70. The fourth-order valence-corrected chi connectivity index (χ4v) is 4.12. The van der Waals surface area contributed by atoms with Gasteiger partial charge in [0.15, 0.2) is 0 Å². The van der Waals surface area contributed by atoms with Crippen molar-refractivity contribution in [1.82, 2.24) is 0 Å². The van der Waals surface area contributed by atoms with Crippen molar-refractivity contribution < 1.29 is 0 Å². The summed E-state index contributed by atoms with van der Waals surface area (Å²) in [5.41, 5.74) is 2.40. The monoisotopic (exact) mass is 235 g/mol. The van der Waals surface area contributed by atoms with Crippen LogP contribution in [0.2, 0.25) is 0 Å². The van der Waals surface area contributed by atoms with Crippen LogP contribution in [-0.4, -0.2) is 11.8 Å². The Kier molecular flexibility index (Phi) is 3.16. The number of aliphatic imine (C=N–C) groups is 1. The van der Waals surface area contributed by atoms with E-state index in [0.29, 0.717) is 16.9 Å². The molecule has 98 valence electrons. The van der Waals surface area contributed by atoms with Crippen molar-refractivity contribution in [1.29, 1.82) is 0 Å². The third-order valence-electron chi connectivity index (χ3n) is 5.70. The van der Waals surface area contributed by atoms with Crippen LogP contribution in [0.1, 0.15) is 67.2 Å². The fraction of sp³-hybridized carbons (Fsp3) is 0.938. The molecule has 0 amide bonds. The summed E-state index contributed by atoms with van der Waals surface area (Å²) in [5.74, 6) is 1.64. The molecule has 0 aromatic heterocycles. The van der Waals surface area contributed by atoms with Gasteiger partial charge in [-0.3, -0.25) is 4.99 Å². The molecule has 2 rings (SSSR count). The maximum absolute atomic E-state index is 5.08. The van der Waals surface area contributed by atoms with Crippen molar-refractivity contribution in [2.24, 2.45) is 27.7 Å². The first-order valence-electron chi connectivity index (χ1n) is 7.34. The van der Waals surface area contributed by atoms with E-state index in [-0.39, 0.29) is 0 Å². The van der Waals surface area contributed by atoms with Gasteiger partial charge in [0.05, 0.1) is 0 Å². The van der Waals surface area contributed by atoms with Gasteiger partial charge >= 0.3 is 0 Å². The van der Waals surface area contributed by atoms with Gasteiger partial charge in [-0.15, -0.1) is 0 Å². The summed E-state index contributed by atoms with van der Waals surface area (Å²) < 4.78 is 0. The van der Waals surface area contributed by atoms with Crippen molar-refractivity contribution in [3.63, 3.8) is 0 Å². The largest absolute Gasteiger partial charge is 0.290 e. The average Bonchev–Trinajstić information content (AvgIpc) is 2.49. The minimum absolute atomic E-state index is 0.392. The molecule has 0 radical (unpaired) electrons. The van der Waals surface area contributed by atoms with E-state index in [9.17, 15) is 0 Å². The number of hydrogen-bond acceptors (Lipinski definition) is 1. The average molecular weight is 235 g/mol. The Morgan fingerprint density at radius 3 is 2.29 bits per heavy atom. The molecule has 17 heavy (non-hydrogen) atoms. The van der Waals surface area contributed by atoms with Crippen LogP contribution >= 0.6 is 0 Å². The molecule has 2 fully saturated rings. The Hall–Kier alpha value is -0.330. The maximum atomic E-state index is 5.08. The molecule has 2 aliphatic rings. The third kappa shape index (κ3) is 1.96. The second-order valence-electron chi connectivity index (χ2n) is 7.55. The summed E-state index contributed by atoms with van der Waals surface area (Å²) in [7, 11) is 0. The highest BCUT2D eigenvalue weighted by Gasteiger charge is 2.59. The Labute approximate surface area is 107 Å². The van der Waals surface area contributed by atoms with Crippen LogP contribution in [0.15, 0.2) is 4.99 Å². The summed E-state index contributed by atoms with van der Waals surface area (Å²) in [6.07, 6.45) is 5.27. The lowest BCUT2D eigenvalue weighted by Gasteiger charge is -2.35. The Morgan fingerprint density at radius 1 is 1.24 bits per heavy atom.